The third kappa shape index (κ3) is 2.19. The lowest BCUT2D eigenvalue weighted by Crippen LogP contribution is -2.62. The zero-order valence-corrected chi connectivity index (χ0v) is 11.0. The average Bonchev–Trinajstić information content (AvgIpc) is 3.04. The highest BCUT2D eigenvalue weighted by molar-refractivity contribution is 6.35. The minimum absolute atomic E-state index is 0.437. The standard InChI is InChI=1S/C13H15Cl2NO/c14-11-2-1-3-12(15)10(11)6-16-7-13(17,8-16)9-4-5-9/h1-3,9,17H,4-8H2. The van der Waals surface area contributed by atoms with Gasteiger partial charge in [-0.05, 0) is 30.9 Å². The van der Waals surface area contributed by atoms with Crippen LogP contribution in [0.4, 0.5) is 0 Å². The molecule has 2 aliphatic rings. The predicted molar refractivity (Wildman–Crippen MR) is 69.4 cm³/mol. The summed E-state index contributed by atoms with van der Waals surface area (Å²) >= 11 is 12.3. The van der Waals surface area contributed by atoms with E-state index in [2.05, 4.69) is 4.90 Å². The second-order valence-electron chi connectivity index (χ2n) is 5.22. The highest BCUT2D eigenvalue weighted by Gasteiger charge is 2.51. The molecular formula is C13H15Cl2NO. The summed E-state index contributed by atoms with van der Waals surface area (Å²) in [6, 6.07) is 5.57. The fourth-order valence-corrected chi connectivity index (χ4v) is 3.14. The van der Waals surface area contributed by atoms with E-state index in [1.54, 1.807) is 0 Å². The molecule has 17 heavy (non-hydrogen) atoms. The van der Waals surface area contributed by atoms with Gasteiger partial charge < -0.3 is 5.11 Å². The van der Waals surface area contributed by atoms with Gasteiger partial charge in [0.05, 0.1) is 5.60 Å². The van der Waals surface area contributed by atoms with Gasteiger partial charge in [-0.3, -0.25) is 4.90 Å². The number of hydrogen-bond acceptors (Lipinski definition) is 2. The molecule has 0 amide bonds. The second kappa shape index (κ2) is 4.13. The van der Waals surface area contributed by atoms with Gasteiger partial charge >= 0.3 is 0 Å². The fourth-order valence-electron chi connectivity index (χ4n) is 2.63. The summed E-state index contributed by atoms with van der Waals surface area (Å²) in [6.45, 7) is 2.23. The zero-order valence-electron chi connectivity index (χ0n) is 9.50. The normalized spacial score (nSPS) is 23.5. The Morgan fingerprint density at radius 2 is 1.82 bits per heavy atom. The number of aliphatic hydroxyl groups is 1. The van der Waals surface area contributed by atoms with Crippen LogP contribution < -0.4 is 0 Å². The van der Waals surface area contributed by atoms with E-state index in [1.165, 1.54) is 12.8 Å². The van der Waals surface area contributed by atoms with E-state index in [0.29, 0.717) is 16.0 Å². The molecule has 1 aliphatic carbocycles. The van der Waals surface area contributed by atoms with Crippen molar-refractivity contribution in [2.24, 2.45) is 5.92 Å². The van der Waals surface area contributed by atoms with Crippen LogP contribution in [-0.2, 0) is 6.54 Å². The molecule has 4 heteroatoms. The Morgan fingerprint density at radius 3 is 2.35 bits per heavy atom. The van der Waals surface area contributed by atoms with Crippen molar-refractivity contribution >= 4 is 23.2 Å². The molecule has 0 unspecified atom stereocenters. The summed E-state index contributed by atoms with van der Waals surface area (Å²) < 4.78 is 0. The Hall–Kier alpha value is -0.280. The van der Waals surface area contributed by atoms with Crippen molar-refractivity contribution < 1.29 is 5.11 Å². The summed E-state index contributed by atoms with van der Waals surface area (Å²) in [4.78, 5) is 2.20. The molecule has 1 aromatic rings. The number of rotatable bonds is 3. The van der Waals surface area contributed by atoms with Crippen LogP contribution in [0, 0.1) is 5.92 Å². The smallest absolute Gasteiger partial charge is 0.0928 e. The Morgan fingerprint density at radius 1 is 1.24 bits per heavy atom. The minimum Gasteiger partial charge on any atom is -0.387 e. The number of nitrogens with zero attached hydrogens (tertiary/aromatic N) is 1. The summed E-state index contributed by atoms with van der Waals surface area (Å²) in [7, 11) is 0. The third-order valence-corrected chi connectivity index (χ3v) is 4.48. The van der Waals surface area contributed by atoms with E-state index in [0.717, 1.165) is 25.2 Å². The number of likely N-dealkylation sites (tertiary alicyclic amines) is 1. The SMILES string of the molecule is OC1(C2CC2)CN(Cc2c(Cl)cccc2Cl)C1. The molecule has 0 aromatic heterocycles. The van der Waals surface area contributed by atoms with Crippen molar-refractivity contribution in [2.75, 3.05) is 13.1 Å². The molecule has 0 spiro atoms. The van der Waals surface area contributed by atoms with Crippen LogP contribution in [0.5, 0.6) is 0 Å². The highest BCUT2D eigenvalue weighted by atomic mass is 35.5. The van der Waals surface area contributed by atoms with Gasteiger partial charge in [0.25, 0.3) is 0 Å². The van der Waals surface area contributed by atoms with Gasteiger partial charge in [-0.2, -0.15) is 0 Å². The van der Waals surface area contributed by atoms with E-state index >= 15 is 0 Å². The van der Waals surface area contributed by atoms with Crippen molar-refractivity contribution in [1.29, 1.82) is 0 Å². The predicted octanol–water partition coefficient (Wildman–Crippen LogP) is 2.95. The van der Waals surface area contributed by atoms with Gasteiger partial charge in [0.2, 0.25) is 0 Å². The van der Waals surface area contributed by atoms with E-state index in [9.17, 15) is 5.11 Å². The molecule has 1 heterocycles. The topological polar surface area (TPSA) is 23.5 Å². The maximum absolute atomic E-state index is 10.2. The van der Waals surface area contributed by atoms with Crippen LogP contribution >= 0.6 is 23.2 Å². The van der Waals surface area contributed by atoms with Crippen molar-refractivity contribution in [2.45, 2.75) is 25.0 Å². The molecule has 1 saturated carbocycles. The molecule has 2 nitrogen and oxygen atoms in total. The summed E-state index contributed by atoms with van der Waals surface area (Å²) in [5.41, 5.74) is 0.530. The lowest BCUT2D eigenvalue weighted by Gasteiger charge is -2.47. The first-order chi connectivity index (χ1) is 8.08. The minimum atomic E-state index is -0.437. The van der Waals surface area contributed by atoms with Gasteiger partial charge in [0.1, 0.15) is 0 Å². The van der Waals surface area contributed by atoms with E-state index in [-0.39, 0.29) is 0 Å². The van der Waals surface area contributed by atoms with Crippen LogP contribution in [0.15, 0.2) is 18.2 Å². The first-order valence-corrected chi connectivity index (χ1v) is 6.72. The monoisotopic (exact) mass is 271 g/mol. The maximum Gasteiger partial charge on any atom is 0.0928 e. The molecule has 0 bridgehead atoms. The summed E-state index contributed by atoms with van der Waals surface area (Å²) in [5.74, 6) is 0.528. The molecule has 0 atom stereocenters. The van der Waals surface area contributed by atoms with Gasteiger partial charge in [-0.1, -0.05) is 29.3 Å². The van der Waals surface area contributed by atoms with E-state index in [1.807, 2.05) is 18.2 Å². The second-order valence-corrected chi connectivity index (χ2v) is 6.04. The number of hydrogen-bond donors (Lipinski definition) is 1. The van der Waals surface area contributed by atoms with Gasteiger partial charge in [0, 0.05) is 35.2 Å². The fraction of sp³-hybridized carbons (Fsp3) is 0.538. The van der Waals surface area contributed by atoms with E-state index in [4.69, 9.17) is 23.2 Å². The maximum atomic E-state index is 10.2. The first-order valence-electron chi connectivity index (χ1n) is 5.96. The van der Waals surface area contributed by atoms with Gasteiger partial charge in [-0.15, -0.1) is 0 Å². The highest BCUT2D eigenvalue weighted by Crippen LogP contribution is 2.45. The number of β-amino-alcohol motifs (C(OH)–C–C–N with tert-alkyl or cyclic N) is 1. The zero-order chi connectivity index (χ0) is 12.0. The van der Waals surface area contributed by atoms with Crippen LogP contribution in [0.3, 0.4) is 0 Å². The largest absolute Gasteiger partial charge is 0.387 e. The average molecular weight is 272 g/mol. The Bertz CT molecular complexity index is 419. The molecule has 1 aliphatic heterocycles. The quantitative estimate of drug-likeness (QED) is 0.914. The molecule has 0 radical (unpaired) electrons. The van der Waals surface area contributed by atoms with Crippen molar-refractivity contribution in [3.05, 3.63) is 33.8 Å². The molecule has 1 saturated heterocycles. The lowest BCUT2D eigenvalue weighted by molar-refractivity contribution is -0.116. The summed E-state index contributed by atoms with van der Waals surface area (Å²) in [6.07, 6.45) is 2.36. The Labute approximate surface area is 111 Å². The first kappa shape index (κ1) is 11.8. The number of halogens is 2. The molecule has 1 N–H and O–H groups in total. The van der Waals surface area contributed by atoms with Crippen LogP contribution in [0.25, 0.3) is 0 Å². The Kier molecular flexibility index (Phi) is 2.86. The molecular weight excluding hydrogens is 257 g/mol. The van der Waals surface area contributed by atoms with Crippen molar-refractivity contribution in [3.8, 4) is 0 Å². The van der Waals surface area contributed by atoms with E-state index < -0.39 is 5.60 Å². The van der Waals surface area contributed by atoms with Crippen LogP contribution in [-0.4, -0.2) is 28.7 Å². The van der Waals surface area contributed by atoms with Crippen molar-refractivity contribution in [1.82, 2.24) is 4.90 Å². The Balaban J connectivity index is 1.65. The number of benzene rings is 1. The molecule has 1 aromatic carbocycles. The van der Waals surface area contributed by atoms with Gasteiger partial charge in [0.15, 0.2) is 0 Å². The van der Waals surface area contributed by atoms with Gasteiger partial charge in [-0.25, -0.2) is 0 Å². The molecule has 2 fully saturated rings. The molecule has 92 valence electrons. The van der Waals surface area contributed by atoms with Crippen LogP contribution in [0.2, 0.25) is 10.0 Å². The van der Waals surface area contributed by atoms with Crippen molar-refractivity contribution in [3.63, 3.8) is 0 Å². The van der Waals surface area contributed by atoms with Crippen LogP contribution in [0.1, 0.15) is 18.4 Å². The summed E-state index contributed by atoms with van der Waals surface area (Å²) in [5, 5.41) is 11.6. The molecule has 3 rings (SSSR count). The third-order valence-electron chi connectivity index (χ3n) is 3.78. The lowest BCUT2D eigenvalue weighted by atomic mass is 9.88.